The topological polar surface area (TPSA) is 66.3 Å². The van der Waals surface area contributed by atoms with E-state index in [1.165, 1.54) is 0 Å². The van der Waals surface area contributed by atoms with Crippen LogP contribution in [0.3, 0.4) is 0 Å². The number of benzene rings is 1. The molecular weight excluding hydrogens is 352 g/mol. The monoisotopic (exact) mass is 378 g/mol. The van der Waals surface area contributed by atoms with E-state index < -0.39 is 0 Å². The molecular formula is C21H26N6O. The number of carbonyl (C=O) groups is 1. The van der Waals surface area contributed by atoms with E-state index in [0.717, 1.165) is 41.5 Å². The van der Waals surface area contributed by atoms with Gasteiger partial charge in [0.1, 0.15) is 5.82 Å². The average Bonchev–Trinajstić information content (AvgIpc) is 3.10. The van der Waals surface area contributed by atoms with Crippen molar-refractivity contribution in [2.75, 3.05) is 38.5 Å². The summed E-state index contributed by atoms with van der Waals surface area (Å²) in [5.74, 6) is 0.564. The molecule has 146 valence electrons. The number of hydrogen-bond donors (Lipinski definition) is 1. The number of aryl methyl sites for hydroxylation is 1. The number of anilines is 1. The first-order chi connectivity index (χ1) is 13.5. The molecule has 7 nitrogen and oxygen atoms in total. The van der Waals surface area contributed by atoms with Gasteiger partial charge in [0.2, 0.25) is 5.91 Å². The third-order valence-corrected chi connectivity index (χ3v) is 5.34. The number of carbonyl (C=O) groups excluding carboxylic acids is 1. The Kier molecular flexibility index (Phi) is 5.11. The number of likely N-dealkylation sites (N-methyl/N-ethyl adjacent to an activating group) is 1. The Hall–Kier alpha value is -2.77. The summed E-state index contributed by atoms with van der Waals surface area (Å²) in [6.45, 7) is 5.44. The Morgan fingerprint density at radius 1 is 1.14 bits per heavy atom. The van der Waals surface area contributed by atoms with Crippen LogP contribution in [0.25, 0.3) is 21.9 Å². The van der Waals surface area contributed by atoms with Gasteiger partial charge in [-0.3, -0.25) is 14.4 Å². The zero-order valence-electron chi connectivity index (χ0n) is 16.6. The van der Waals surface area contributed by atoms with E-state index in [9.17, 15) is 4.79 Å². The van der Waals surface area contributed by atoms with Gasteiger partial charge >= 0.3 is 0 Å². The van der Waals surface area contributed by atoms with E-state index in [1.54, 1.807) is 10.9 Å². The van der Waals surface area contributed by atoms with Crippen molar-refractivity contribution in [3.8, 4) is 11.1 Å². The van der Waals surface area contributed by atoms with Gasteiger partial charge in [-0.05, 0) is 37.1 Å². The number of nitrogens with zero attached hydrogens (tertiary/aromatic N) is 5. The molecule has 3 heterocycles. The maximum atomic E-state index is 12.5. The molecule has 3 aromatic rings. The Balaban J connectivity index is 1.48. The number of fused-ring (bicyclic) bond motifs is 1. The van der Waals surface area contributed by atoms with Gasteiger partial charge in [-0.15, -0.1) is 0 Å². The molecule has 1 aliphatic rings. The molecule has 4 rings (SSSR count). The number of amides is 1. The van der Waals surface area contributed by atoms with Gasteiger partial charge in [-0.1, -0.05) is 12.1 Å². The minimum Gasteiger partial charge on any atom is -0.310 e. The molecule has 7 heteroatoms. The van der Waals surface area contributed by atoms with E-state index in [1.807, 2.05) is 31.6 Å². The van der Waals surface area contributed by atoms with Crippen molar-refractivity contribution in [2.24, 2.45) is 7.05 Å². The van der Waals surface area contributed by atoms with Crippen LogP contribution in [-0.2, 0) is 11.8 Å². The first-order valence-electron chi connectivity index (χ1n) is 9.59. The number of nitrogens with one attached hydrogen (secondary N) is 1. The highest BCUT2D eigenvalue weighted by Crippen LogP contribution is 2.25. The first-order valence-corrected chi connectivity index (χ1v) is 9.59. The van der Waals surface area contributed by atoms with Crippen molar-refractivity contribution in [1.29, 1.82) is 0 Å². The van der Waals surface area contributed by atoms with Crippen molar-refractivity contribution in [2.45, 2.75) is 13.0 Å². The largest absolute Gasteiger partial charge is 0.310 e. The molecule has 0 saturated carbocycles. The van der Waals surface area contributed by atoms with E-state index in [2.05, 4.69) is 51.3 Å². The lowest BCUT2D eigenvalue weighted by Crippen LogP contribution is -2.52. The Labute approximate surface area is 165 Å². The molecule has 0 spiro atoms. The molecule has 1 N–H and O–H groups in total. The number of rotatable bonds is 4. The smallest absolute Gasteiger partial charge is 0.239 e. The zero-order chi connectivity index (χ0) is 19.7. The molecule has 1 atom stereocenters. The highest BCUT2D eigenvalue weighted by Gasteiger charge is 2.23. The minimum atomic E-state index is -0.0216. The van der Waals surface area contributed by atoms with Crippen LogP contribution in [-0.4, -0.2) is 69.7 Å². The Morgan fingerprint density at radius 2 is 2.00 bits per heavy atom. The van der Waals surface area contributed by atoms with E-state index in [0.29, 0.717) is 18.4 Å². The molecule has 28 heavy (non-hydrogen) atoms. The van der Waals surface area contributed by atoms with Gasteiger partial charge in [0.25, 0.3) is 0 Å². The second-order valence-corrected chi connectivity index (χ2v) is 7.66. The summed E-state index contributed by atoms with van der Waals surface area (Å²) in [4.78, 5) is 21.4. The van der Waals surface area contributed by atoms with Crippen LogP contribution in [0.4, 0.5) is 5.82 Å². The number of aromatic nitrogens is 3. The van der Waals surface area contributed by atoms with Gasteiger partial charge in [-0.2, -0.15) is 5.10 Å². The van der Waals surface area contributed by atoms with Crippen LogP contribution in [0.1, 0.15) is 6.92 Å². The van der Waals surface area contributed by atoms with Gasteiger partial charge in [0.05, 0.1) is 12.7 Å². The number of hydrogen-bond acceptors (Lipinski definition) is 5. The number of pyridine rings is 1. The molecule has 1 fully saturated rings. The van der Waals surface area contributed by atoms with Gasteiger partial charge in [0, 0.05) is 56.1 Å². The highest BCUT2D eigenvalue weighted by atomic mass is 16.2. The molecule has 0 unspecified atom stereocenters. The predicted molar refractivity (Wildman–Crippen MR) is 111 cm³/mol. The molecule has 1 saturated heterocycles. The maximum Gasteiger partial charge on any atom is 0.239 e. The van der Waals surface area contributed by atoms with E-state index in [4.69, 9.17) is 0 Å². The molecule has 1 aromatic carbocycles. The van der Waals surface area contributed by atoms with Crippen molar-refractivity contribution < 1.29 is 4.79 Å². The van der Waals surface area contributed by atoms with Gasteiger partial charge < -0.3 is 10.2 Å². The van der Waals surface area contributed by atoms with Crippen LogP contribution in [0.15, 0.2) is 42.9 Å². The molecule has 2 aromatic heterocycles. The van der Waals surface area contributed by atoms with Crippen molar-refractivity contribution in [3.05, 3.63) is 42.9 Å². The zero-order valence-corrected chi connectivity index (χ0v) is 16.6. The summed E-state index contributed by atoms with van der Waals surface area (Å²) in [7, 11) is 4.02. The molecule has 0 radical (unpaired) electrons. The van der Waals surface area contributed by atoms with Crippen LogP contribution in [0.2, 0.25) is 0 Å². The van der Waals surface area contributed by atoms with Crippen LogP contribution < -0.4 is 5.32 Å². The molecule has 1 amide bonds. The summed E-state index contributed by atoms with van der Waals surface area (Å²) >= 11 is 0. The van der Waals surface area contributed by atoms with E-state index in [-0.39, 0.29) is 5.91 Å². The van der Waals surface area contributed by atoms with Crippen LogP contribution >= 0.6 is 0 Å². The second kappa shape index (κ2) is 7.69. The SMILES string of the molecule is C[C@H]1CN(C)CCN1CC(=O)Nc1cc2cc(-c3cnn(C)c3)ccc2cn1. The van der Waals surface area contributed by atoms with E-state index >= 15 is 0 Å². The first kappa shape index (κ1) is 18.6. The van der Waals surface area contributed by atoms with Crippen LogP contribution in [0, 0.1) is 0 Å². The van der Waals surface area contributed by atoms with Crippen molar-refractivity contribution in [3.63, 3.8) is 0 Å². The van der Waals surface area contributed by atoms with Crippen molar-refractivity contribution >= 4 is 22.5 Å². The lowest BCUT2D eigenvalue weighted by Gasteiger charge is -2.37. The quantitative estimate of drug-likeness (QED) is 0.754. The summed E-state index contributed by atoms with van der Waals surface area (Å²) < 4.78 is 1.79. The Morgan fingerprint density at radius 3 is 2.75 bits per heavy atom. The third-order valence-electron chi connectivity index (χ3n) is 5.34. The standard InChI is InChI=1S/C21H26N6O/c1-15-12-25(2)6-7-27(15)14-21(28)24-20-9-18-8-16(4-5-17(18)10-22-20)19-11-23-26(3)13-19/h4-5,8-11,13,15H,6-7,12,14H2,1-3H3,(H,22,24,28)/t15-/m0/s1. The normalized spacial score (nSPS) is 18.5. The number of piperazine rings is 1. The molecule has 1 aliphatic heterocycles. The Bertz CT molecular complexity index is 997. The molecule has 0 aliphatic carbocycles. The fraction of sp³-hybridized carbons (Fsp3) is 0.381. The highest BCUT2D eigenvalue weighted by molar-refractivity contribution is 5.94. The van der Waals surface area contributed by atoms with Gasteiger partial charge in [-0.25, -0.2) is 4.98 Å². The maximum absolute atomic E-state index is 12.5. The third kappa shape index (κ3) is 4.05. The van der Waals surface area contributed by atoms with Crippen molar-refractivity contribution in [1.82, 2.24) is 24.6 Å². The fourth-order valence-electron chi connectivity index (χ4n) is 3.74. The predicted octanol–water partition coefficient (Wildman–Crippen LogP) is 2.21. The summed E-state index contributed by atoms with van der Waals surface area (Å²) in [6, 6.07) is 8.51. The average molecular weight is 378 g/mol. The molecule has 0 bridgehead atoms. The fourth-order valence-corrected chi connectivity index (χ4v) is 3.74. The van der Waals surface area contributed by atoms with Gasteiger partial charge in [0.15, 0.2) is 0 Å². The van der Waals surface area contributed by atoms with Crippen LogP contribution in [0.5, 0.6) is 0 Å². The lowest BCUT2D eigenvalue weighted by molar-refractivity contribution is -0.118. The summed E-state index contributed by atoms with van der Waals surface area (Å²) in [5, 5.41) is 9.27. The summed E-state index contributed by atoms with van der Waals surface area (Å²) in [5.41, 5.74) is 2.16. The minimum absolute atomic E-state index is 0.0216. The second-order valence-electron chi connectivity index (χ2n) is 7.66. The summed E-state index contributed by atoms with van der Waals surface area (Å²) in [6.07, 6.45) is 5.64. The lowest BCUT2D eigenvalue weighted by atomic mass is 10.1.